The molecule has 41 heavy (non-hydrogen) atoms. The van der Waals surface area contributed by atoms with E-state index >= 15 is 0 Å². The van der Waals surface area contributed by atoms with E-state index in [0.29, 0.717) is 18.9 Å². The molecule has 0 aliphatic carbocycles. The van der Waals surface area contributed by atoms with Gasteiger partial charge in [0.2, 0.25) is 5.91 Å². The normalized spacial score (nSPS) is 20.9. The number of aliphatic carboxylic acids is 1. The van der Waals surface area contributed by atoms with Crippen molar-refractivity contribution in [1.82, 2.24) is 15.2 Å². The Balaban J connectivity index is 1.31. The highest BCUT2D eigenvalue weighted by Crippen LogP contribution is 2.40. The molecule has 1 aliphatic heterocycles. The number of H-pyrrole nitrogens is 1. The van der Waals surface area contributed by atoms with E-state index in [1.54, 1.807) is 6.07 Å². The number of hydrogen-bond acceptors (Lipinski definition) is 4. The number of phenols is 1. The summed E-state index contributed by atoms with van der Waals surface area (Å²) in [5.74, 6) is -1.11. The molecule has 1 aliphatic rings. The maximum Gasteiger partial charge on any atom is 0.326 e. The zero-order valence-corrected chi connectivity index (χ0v) is 23.7. The molecule has 0 radical (unpaired) electrons. The lowest BCUT2D eigenvalue weighted by Crippen LogP contribution is -2.52. The minimum absolute atomic E-state index is 0.0832. The van der Waals surface area contributed by atoms with Crippen molar-refractivity contribution in [1.29, 1.82) is 0 Å². The Labute approximate surface area is 241 Å². The number of carbonyl (C=O) groups is 2. The molecular weight excluding hydrogens is 514 g/mol. The Kier molecular flexibility index (Phi) is 8.45. The smallest absolute Gasteiger partial charge is 0.326 e. The zero-order valence-electron chi connectivity index (χ0n) is 23.7. The van der Waals surface area contributed by atoms with Crippen LogP contribution in [0.3, 0.4) is 0 Å². The first-order valence-corrected chi connectivity index (χ1v) is 14.4. The number of carboxylic acids is 1. The molecule has 0 bridgehead atoms. The molecule has 1 amide bonds. The molecule has 1 fully saturated rings. The number of amides is 1. The predicted octanol–water partition coefficient (Wildman–Crippen LogP) is 5.14. The fourth-order valence-electron chi connectivity index (χ4n) is 6.23. The first-order chi connectivity index (χ1) is 19.7. The predicted molar refractivity (Wildman–Crippen MR) is 161 cm³/mol. The van der Waals surface area contributed by atoms with E-state index in [9.17, 15) is 19.8 Å². The fraction of sp³-hybridized carbons (Fsp3) is 0.353. The number of nitrogens with one attached hydrogen (secondary N) is 2. The molecule has 4 N–H and O–H groups in total. The van der Waals surface area contributed by atoms with Gasteiger partial charge in [-0.15, -0.1) is 0 Å². The summed E-state index contributed by atoms with van der Waals surface area (Å²) >= 11 is 0. The van der Waals surface area contributed by atoms with Gasteiger partial charge in [-0.05, 0) is 65.6 Å². The van der Waals surface area contributed by atoms with Crippen molar-refractivity contribution in [3.05, 3.63) is 102 Å². The van der Waals surface area contributed by atoms with Crippen LogP contribution in [-0.2, 0) is 27.8 Å². The van der Waals surface area contributed by atoms with E-state index in [0.717, 1.165) is 47.1 Å². The van der Waals surface area contributed by atoms with Crippen molar-refractivity contribution in [2.75, 3.05) is 19.6 Å². The number of aromatic hydroxyl groups is 1. The van der Waals surface area contributed by atoms with Gasteiger partial charge in [0.1, 0.15) is 11.8 Å². The molecule has 4 atom stereocenters. The second-order valence-electron chi connectivity index (χ2n) is 11.7. The molecule has 5 rings (SSSR count). The van der Waals surface area contributed by atoms with Crippen molar-refractivity contribution in [3.63, 3.8) is 0 Å². The largest absolute Gasteiger partial charge is 0.508 e. The van der Waals surface area contributed by atoms with E-state index in [-0.39, 0.29) is 23.5 Å². The number of phenolic OH excluding ortho intramolecular Hbond substituents is 1. The van der Waals surface area contributed by atoms with Gasteiger partial charge >= 0.3 is 5.97 Å². The number of aromatic amines is 1. The average Bonchev–Trinajstić information content (AvgIpc) is 3.37. The number of hydrogen-bond donors (Lipinski definition) is 4. The molecule has 3 aromatic carbocycles. The highest BCUT2D eigenvalue weighted by Gasteiger charge is 2.39. The average molecular weight is 554 g/mol. The van der Waals surface area contributed by atoms with Gasteiger partial charge in [0.15, 0.2) is 0 Å². The minimum atomic E-state index is -1.05. The summed E-state index contributed by atoms with van der Waals surface area (Å²) in [5, 5.41) is 24.0. The maximum atomic E-state index is 13.8. The first kappa shape index (κ1) is 28.4. The lowest BCUT2D eigenvalue weighted by Gasteiger charge is -2.45. The first-order valence-electron chi connectivity index (χ1n) is 14.4. The zero-order chi connectivity index (χ0) is 29.0. The molecule has 0 unspecified atom stereocenters. The van der Waals surface area contributed by atoms with Crippen LogP contribution in [0.1, 0.15) is 37.0 Å². The second-order valence-corrected chi connectivity index (χ2v) is 11.7. The van der Waals surface area contributed by atoms with E-state index in [1.807, 2.05) is 72.9 Å². The van der Waals surface area contributed by atoms with E-state index in [2.05, 4.69) is 35.1 Å². The van der Waals surface area contributed by atoms with Gasteiger partial charge < -0.3 is 25.4 Å². The minimum Gasteiger partial charge on any atom is -0.508 e. The molecule has 1 saturated heterocycles. The van der Waals surface area contributed by atoms with Gasteiger partial charge in [-0.25, -0.2) is 4.79 Å². The third kappa shape index (κ3) is 6.46. The number of fused-ring (bicyclic) bond motifs is 1. The number of carboxylic acid groups (broad SMARTS) is 1. The van der Waals surface area contributed by atoms with Gasteiger partial charge in [-0.1, -0.05) is 74.5 Å². The fourth-order valence-corrected chi connectivity index (χ4v) is 6.23. The van der Waals surface area contributed by atoms with Crippen LogP contribution < -0.4 is 5.32 Å². The Hall–Kier alpha value is -4.10. The summed E-state index contributed by atoms with van der Waals surface area (Å²) in [6.07, 6.45) is 3.45. The molecule has 0 spiro atoms. The monoisotopic (exact) mass is 553 g/mol. The van der Waals surface area contributed by atoms with Crippen molar-refractivity contribution >= 4 is 22.8 Å². The van der Waals surface area contributed by atoms with E-state index in [1.165, 1.54) is 0 Å². The van der Waals surface area contributed by atoms with Crippen molar-refractivity contribution in [3.8, 4) is 5.75 Å². The Bertz CT molecular complexity index is 1500. The van der Waals surface area contributed by atoms with Gasteiger partial charge in [-0.3, -0.25) is 4.79 Å². The Morgan fingerprint density at radius 1 is 1.05 bits per heavy atom. The summed E-state index contributed by atoms with van der Waals surface area (Å²) in [6.45, 7) is 6.64. The summed E-state index contributed by atoms with van der Waals surface area (Å²) in [4.78, 5) is 31.6. The van der Waals surface area contributed by atoms with E-state index < -0.39 is 17.9 Å². The van der Waals surface area contributed by atoms with Gasteiger partial charge in [0, 0.05) is 36.6 Å². The molecule has 1 aromatic heterocycles. The molecule has 7 nitrogen and oxygen atoms in total. The van der Waals surface area contributed by atoms with Gasteiger partial charge in [-0.2, -0.15) is 0 Å². The Morgan fingerprint density at radius 3 is 2.54 bits per heavy atom. The highest BCUT2D eigenvalue weighted by molar-refractivity contribution is 5.87. The van der Waals surface area contributed by atoms with E-state index in [4.69, 9.17) is 0 Å². The molecule has 214 valence electrons. The standard InChI is InChI=1S/C34H39N3O4/c1-23-21-37(16-15-34(23,2)27-11-8-12-28(38)19-27)22-26(17-24-9-4-3-5-10-24)32(39)36-31(33(40)41)18-25-20-35-30-14-7-6-13-29(25)30/h3-14,19-20,23,26,31,35,38H,15-18,21-22H2,1-2H3,(H,36,39)(H,40,41)/t23-,26-,31-,34+/m0/s1. The van der Waals surface area contributed by atoms with Crippen LogP contribution in [-0.4, -0.2) is 57.6 Å². The van der Waals surface area contributed by atoms with Crippen LogP contribution in [0.4, 0.5) is 0 Å². The number of rotatable bonds is 10. The third-order valence-electron chi connectivity index (χ3n) is 8.96. The SMILES string of the molecule is C[C@H]1CN(C[C@H](Cc2ccccc2)C(=O)N[C@@H](Cc2c[nH]c3ccccc23)C(=O)O)CC[C@@]1(C)c1cccc(O)c1. The van der Waals surface area contributed by atoms with Gasteiger partial charge in [0.25, 0.3) is 0 Å². The van der Waals surface area contributed by atoms with Crippen molar-refractivity contribution in [2.24, 2.45) is 11.8 Å². The quantitative estimate of drug-likeness (QED) is 0.218. The molecule has 2 heterocycles. The van der Waals surface area contributed by atoms with Crippen LogP contribution in [0.15, 0.2) is 85.1 Å². The molecular formula is C34H39N3O4. The Morgan fingerprint density at radius 2 is 1.80 bits per heavy atom. The van der Waals surface area contributed by atoms with Crippen LogP contribution in [0.25, 0.3) is 10.9 Å². The number of para-hydroxylation sites is 1. The van der Waals surface area contributed by atoms with Gasteiger partial charge in [0.05, 0.1) is 5.92 Å². The maximum absolute atomic E-state index is 13.8. The highest BCUT2D eigenvalue weighted by atomic mass is 16.4. The lowest BCUT2D eigenvalue weighted by molar-refractivity contribution is -0.142. The number of carbonyl (C=O) groups excluding carboxylic acids is 1. The van der Waals surface area contributed by atoms with Crippen LogP contribution in [0.2, 0.25) is 0 Å². The van der Waals surface area contributed by atoms with Crippen molar-refractivity contribution in [2.45, 2.75) is 44.6 Å². The number of piperidine rings is 1. The second kappa shape index (κ2) is 12.2. The number of benzene rings is 3. The summed E-state index contributed by atoms with van der Waals surface area (Å²) < 4.78 is 0. The number of likely N-dealkylation sites (tertiary alicyclic amines) is 1. The van der Waals surface area contributed by atoms with Crippen molar-refractivity contribution < 1.29 is 19.8 Å². The summed E-state index contributed by atoms with van der Waals surface area (Å²) in [5.41, 5.74) is 3.90. The molecule has 0 saturated carbocycles. The summed E-state index contributed by atoms with van der Waals surface area (Å²) in [6, 6.07) is 24.2. The number of aromatic nitrogens is 1. The lowest BCUT2D eigenvalue weighted by atomic mass is 9.68. The van der Waals surface area contributed by atoms with Crippen LogP contribution >= 0.6 is 0 Å². The third-order valence-corrected chi connectivity index (χ3v) is 8.96. The molecule has 7 heteroatoms. The topological polar surface area (TPSA) is 106 Å². The van der Waals surface area contributed by atoms with Crippen LogP contribution in [0, 0.1) is 11.8 Å². The summed E-state index contributed by atoms with van der Waals surface area (Å²) in [7, 11) is 0. The van der Waals surface area contributed by atoms with Crippen LogP contribution in [0.5, 0.6) is 5.75 Å². The number of nitrogens with zero attached hydrogens (tertiary/aromatic N) is 1. The molecule has 4 aromatic rings.